The molecule has 2 aromatic carbocycles. The standard InChI is InChI=1S/C23H24FNO2/c1-2-3-16-4-7-18(8-5-16)19-9-11-20(12-10-19)23(26)27-22-13-6-17(15-25)14-21(22)24/h6,9-14,16,18H,2-5,7-8H2,1H3. The fourth-order valence-corrected chi connectivity index (χ4v) is 3.90. The Labute approximate surface area is 159 Å². The zero-order valence-electron chi connectivity index (χ0n) is 15.6. The monoisotopic (exact) mass is 365 g/mol. The summed E-state index contributed by atoms with van der Waals surface area (Å²) in [4.78, 5) is 12.3. The molecule has 2 aromatic rings. The molecule has 0 aromatic heterocycles. The Balaban J connectivity index is 1.62. The van der Waals surface area contributed by atoms with Crippen LogP contribution < -0.4 is 4.74 Å². The summed E-state index contributed by atoms with van der Waals surface area (Å²) in [5.74, 6) is -0.0704. The summed E-state index contributed by atoms with van der Waals surface area (Å²) in [5.41, 5.74) is 1.83. The zero-order chi connectivity index (χ0) is 19.2. The molecule has 3 nitrogen and oxygen atoms in total. The Morgan fingerprint density at radius 1 is 1.15 bits per heavy atom. The Bertz CT molecular complexity index is 830. The first-order valence-electron chi connectivity index (χ1n) is 9.62. The molecule has 0 unspecified atom stereocenters. The van der Waals surface area contributed by atoms with E-state index in [1.54, 1.807) is 12.1 Å². The first-order chi connectivity index (χ1) is 13.1. The lowest BCUT2D eigenvalue weighted by Crippen LogP contribution is -2.14. The van der Waals surface area contributed by atoms with Gasteiger partial charge in [0.1, 0.15) is 0 Å². The average Bonchev–Trinajstić information content (AvgIpc) is 2.70. The molecule has 0 atom stereocenters. The lowest BCUT2D eigenvalue weighted by molar-refractivity contribution is 0.0728. The van der Waals surface area contributed by atoms with Gasteiger partial charge in [0.2, 0.25) is 0 Å². The fourth-order valence-electron chi connectivity index (χ4n) is 3.90. The summed E-state index contributed by atoms with van der Waals surface area (Å²) in [6.45, 7) is 2.24. The summed E-state index contributed by atoms with van der Waals surface area (Å²) >= 11 is 0. The van der Waals surface area contributed by atoms with Crippen LogP contribution in [0.2, 0.25) is 0 Å². The fraction of sp³-hybridized carbons (Fsp3) is 0.391. The molecule has 0 aliphatic heterocycles. The Morgan fingerprint density at radius 2 is 1.85 bits per heavy atom. The van der Waals surface area contributed by atoms with Gasteiger partial charge in [0.15, 0.2) is 11.6 Å². The molecular weight excluding hydrogens is 341 g/mol. The number of carbonyl (C=O) groups excluding carboxylic acids is 1. The van der Waals surface area contributed by atoms with Gasteiger partial charge >= 0.3 is 5.97 Å². The number of nitriles is 1. The summed E-state index contributed by atoms with van der Waals surface area (Å²) in [6, 6.07) is 13.1. The second-order valence-corrected chi connectivity index (χ2v) is 7.27. The van der Waals surface area contributed by atoms with E-state index in [1.165, 1.54) is 56.2 Å². The van der Waals surface area contributed by atoms with Gasteiger partial charge in [0.05, 0.1) is 17.2 Å². The first kappa shape index (κ1) is 19.1. The van der Waals surface area contributed by atoms with Crippen molar-refractivity contribution < 1.29 is 13.9 Å². The number of nitrogens with zero attached hydrogens (tertiary/aromatic N) is 1. The van der Waals surface area contributed by atoms with Crippen molar-refractivity contribution in [3.8, 4) is 11.8 Å². The quantitative estimate of drug-likeness (QED) is 0.483. The molecule has 0 N–H and O–H groups in total. The minimum atomic E-state index is -0.720. The van der Waals surface area contributed by atoms with Crippen molar-refractivity contribution in [1.82, 2.24) is 0 Å². The maximum absolute atomic E-state index is 13.9. The zero-order valence-corrected chi connectivity index (χ0v) is 15.6. The van der Waals surface area contributed by atoms with Gasteiger partial charge in [0.25, 0.3) is 0 Å². The van der Waals surface area contributed by atoms with Gasteiger partial charge in [-0.05, 0) is 73.4 Å². The van der Waals surface area contributed by atoms with E-state index >= 15 is 0 Å². The van der Waals surface area contributed by atoms with Crippen LogP contribution in [0.3, 0.4) is 0 Å². The first-order valence-corrected chi connectivity index (χ1v) is 9.62. The van der Waals surface area contributed by atoms with Gasteiger partial charge < -0.3 is 4.74 Å². The van der Waals surface area contributed by atoms with Crippen LogP contribution >= 0.6 is 0 Å². The van der Waals surface area contributed by atoms with Crippen molar-refractivity contribution >= 4 is 5.97 Å². The summed E-state index contributed by atoms with van der Waals surface area (Å²) in [6.07, 6.45) is 7.53. The highest BCUT2D eigenvalue weighted by atomic mass is 19.1. The number of benzene rings is 2. The van der Waals surface area contributed by atoms with E-state index in [0.29, 0.717) is 11.5 Å². The topological polar surface area (TPSA) is 50.1 Å². The third-order valence-corrected chi connectivity index (χ3v) is 5.43. The number of hydrogen-bond donors (Lipinski definition) is 0. The molecule has 140 valence electrons. The molecule has 0 saturated heterocycles. The van der Waals surface area contributed by atoms with E-state index in [1.807, 2.05) is 18.2 Å². The molecule has 4 heteroatoms. The van der Waals surface area contributed by atoms with Crippen molar-refractivity contribution in [1.29, 1.82) is 5.26 Å². The summed E-state index contributed by atoms with van der Waals surface area (Å²) < 4.78 is 19.0. The van der Waals surface area contributed by atoms with Crippen LogP contribution in [0.15, 0.2) is 42.5 Å². The lowest BCUT2D eigenvalue weighted by atomic mass is 9.77. The van der Waals surface area contributed by atoms with Crippen LogP contribution in [-0.2, 0) is 0 Å². The molecular formula is C23H24FNO2. The van der Waals surface area contributed by atoms with Gasteiger partial charge in [-0.2, -0.15) is 5.26 Å². The molecule has 3 rings (SSSR count). The molecule has 0 spiro atoms. The minimum absolute atomic E-state index is 0.169. The van der Waals surface area contributed by atoms with Gasteiger partial charge in [-0.1, -0.05) is 31.9 Å². The minimum Gasteiger partial charge on any atom is -0.420 e. The largest absolute Gasteiger partial charge is 0.420 e. The predicted molar refractivity (Wildman–Crippen MR) is 102 cm³/mol. The molecule has 1 fully saturated rings. The number of rotatable bonds is 5. The van der Waals surface area contributed by atoms with Gasteiger partial charge in [-0.3, -0.25) is 0 Å². The second kappa shape index (κ2) is 8.81. The number of hydrogen-bond acceptors (Lipinski definition) is 3. The average molecular weight is 365 g/mol. The highest BCUT2D eigenvalue weighted by molar-refractivity contribution is 5.91. The molecule has 0 radical (unpaired) electrons. The smallest absolute Gasteiger partial charge is 0.343 e. The number of halogens is 1. The number of ether oxygens (including phenoxy) is 1. The molecule has 1 aliphatic rings. The van der Waals surface area contributed by atoms with Crippen LogP contribution in [0, 0.1) is 23.1 Å². The van der Waals surface area contributed by atoms with E-state index in [0.717, 1.165) is 12.0 Å². The maximum atomic E-state index is 13.9. The van der Waals surface area contributed by atoms with E-state index in [9.17, 15) is 9.18 Å². The second-order valence-electron chi connectivity index (χ2n) is 7.27. The third kappa shape index (κ3) is 4.74. The van der Waals surface area contributed by atoms with Crippen LogP contribution in [0.4, 0.5) is 4.39 Å². The number of esters is 1. The maximum Gasteiger partial charge on any atom is 0.343 e. The normalized spacial score (nSPS) is 19.3. The van der Waals surface area contributed by atoms with Crippen LogP contribution in [0.25, 0.3) is 0 Å². The molecule has 0 bridgehead atoms. The van der Waals surface area contributed by atoms with Crippen LogP contribution in [0.5, 0.6) is 5.75 Å². The van der Waals surface area contributed by atoms with Crippen molar-refractivity contribution in [2.45, 2.75) is 51.4 Å². The predicted octanol–water partition coefficient (Wildman–Crippen LogP) is 5.99. The molecule has 1 aliphatic carbocycles. The molecule has 0 heterocycles. The van der Waals surface area contributed by atoms with Crippen molar-refractivity contribution in [2.75, 3.05) is 0 Å². The Morgan fingerprint density at radius 3 is 2.44 bits per heavy atom. The van der Waals surface area contributed by atoms with Crippen LogP contribution in [0.1, 0.15) is 72.9 Å². The van der Waals surface area contributed by atoms with Crippen molar-refractivity contribution in [3.05, 3.63) is 65.0 Å². The summed E-state index contributed by atoms with van der Waals surface area (Å²) in [7, 11) is 0. The van der Waals surface area contributed by atoms with Crippen molar-refractivity contribution in [3.63, 3.8) is 0 Å². The number of carbonyl (C=O) groups is 1. The van der Waals surface area contributed by atoms with Crippen molar-refractivity contribution in [2.24, 2.45) is 5.92 Å². The van der Waals surface area contributed by atoms with Crippen LogP contribution in [-0.4, -0.2) is 5.97 Å². The lowest BCUT2D eigenvalue weighted by Gasteiger charge is -2.28. The Kier molecular flexibility index (Phi) is 6.24. The highest BCUT2D eigenvalue weighted by Crippen LogP contribution is 2.37. The van der Waals surface area contributed by atoms with E-state index in [4.69, 9.17) is 10.00 Å². The third-order valence-electron chi connectivity index (χ3n) is 5.43. The van der Waals surface area contributed by atoms with Gasteiger partial charge in [-0.15, -0.1) is 0 Å². The van der Waals surface area contributed by atoms with Gasteiger partial charge in [-0.25, -0.2) is 9.18 Å². The van der Waals surface area contributed by atoms with E-state index < -0.39 is 11.8 Å². The molecule has 0 amide bonds. The van der Waals surface area contributed by atoms with Gasteiger partial charge in [0, 0.05) is 0 Å². The summed E-state index contributed by atoms with van der Waals surface area (Å²) in [5, 5.41) is 8.76. The van der Waals surface area contributed by atoms with E-state index in [-0.39, 0.29) is 11.3 Å². The molecule has 27 heavy (non-hydrogen) atoms. The SMILES string of the molecule is CCCC1CCC(c2ccc(C(=O)Oc3ccc(C#N)cc3F)cc2)CC1. The van der Waals surface area contributed by atoms with E-state index in [2.05, 4.69) is 6.92 Å². The highest BCUT2D eigenvalue weighted by Gasteiger charge is 2.22. The molecule has 1 saturated carbocycles. The Hall–Kier alpha value is -2.67.